The van der Waals surface area contributed by atoms with Crippen LogP contribution in [0.1, 0.15) is 26.9 Å². The summed E-state index contributed by atoms with van der Waals surface area (Å²) in [4.78, 5) is 2.68. The maximum Gasteiger partial charge on any atom is 0.0683 e. The Kier molecular flexibility index (Phi) is 3.87. The zero-order valence-corrected chi connectivity index (χ0v) is 11.8. The third kappa shape index (κ3) is 2.54. The Morgan fingerprint density at radius 2 is 1.94 bits per heavy atom. The predicted molar refractivity (Wildman–Crippen MR) is 76.1 cm³/mol. The van der Waals surface area contributed by atoms with Crippen molar-refractivity contribution in [3.05, 3.63) is 56.2 Å². The van der Waals surface area contributed by atoms with Gasteiger partial charge < -0.3 is 5.32 Å². The summed E-state index contributed by atoms with van der Waals surface area (Å²) in [5.41, 5.74) is 2.48. The van der Waals surface area contributed by atoms with Crippen LogP contribution in [0.15, 0.2) is 30.3 Å². The summed E-state index contributed by atoms with van der Waals surface area (Å²) in [6.07, 6.45) is 0. The summed E-state index contributed by atoms with van der Waals surface area (Å²) in [6, 6.07) is 10.4. The molecular weight excluding hydrogens is 250 g/mol. The molecule has 2 rings (SSSR count). The highest BCUT2D eigenvalue weighted by atomic mass is 35.5. The fourth-order valence-corrected chi connectivity index (χ4v) is 3.32. The fourth-order valence-electron chi connectivity index (χ4n) is 1.90. The largest absolute Gasteiger partial charge is 0.309 e. The van der Waals surface area contributed by atoms with Crippen LogP contribution in [0.3, 0.4) is 0 Å². The highest BCUT2D eigenvalue weighted by molar-refractivity contribution is 7.12. The van der Waals surface area contributed by atoms with Crippen molar-refractivity contribution in [2.75, 3.05) is 7.05 Å². The molecule has 0 aliphatic heterocycles. The quantitative estimate of drug-likeness (QED) is 0.871. The Labute approximate surface area is 111 Å². The van der Waals surface area contributed by atoms with Gasteiger partial charge in [0.1, 0.15) is 0 Å². The molecule has 1 aromatic carbocycles. The van der Waals surface area contributed by atoms with E-state index in [1.807, 2.05) is 36.6 Å². The van der Waals surface area contributed by atoms with Gasteiger partial charge in [0.15, 0.2) is 0 Å². The minimum Gasteiger partial charge on any atom is -0.309 e. The van der Waals surface area contributed by atoms with Gasteiger partial charge in [-0.15, -0.1) is 11.3 Å². The van der Waals surface area contributed by atoms with E-state index in [1.54, 1.807) is 0 Å². The molecule has 90 valence electrons. The highest BCUT2D eigenvalue weighted by Crippen LogP contribution is 2.33. The highest BCUT2D eigenvalue weighted by Gasteiger charge is 2.17. The third-order valence-corrected chi connectivity index (χ3v) is 4.54. The topological polar surface area (TPSA) is 12.0 Å². The van der Waals surface area contributed by atoms with Crippen LogP contribution in [0.5, 0.6) is 0 Å². The number of hydrogen-bond donors (Lipinski definition) is 1. The van der Waals surface area contributed by atoms with Gasteiger partial charge in [0.05, 0.1) is 6.04 Å². The number of nitrogens with one attached hydrogen (secondary N) is 1. The lowest BCUT2D eigenvalue weighted by atomic mass is 10.0. The molecule has 17 heavy (non-hydrogen) atoms. The van der Waals surface area contributed by atoms with E-state index in [9.17, 15) is 0 Å². The van der Waals surface area contributed by atoms with Crippen molar-refractivity contribution in [3.8, 4) is 0 Å². The van der Waals surface area contributed by atoms with E-state index in [1.165, 1.54) is 15.3 Å². The molecule has 0 aliphatic rings. The maximum atomic E-state index is 6.26. The second-order valence-electron chi connectivity index (χ2n) is 4.13. The average Bonchev–Trinajstić information content (AvgIpc) is 2.63. The van der Waals surface area contributed by atoms with Gasteiger partial charge in [-0.25, -0.2) is 0 Å². The molecular formula is C14H16ClNS. The number of aryl methyl sites for hydroxylation is 2. The maximum absolute atomic E-state index is 6.26. The normalized spacial score (nSPS) is 12.7. The smallest absolute Gasteiger partial charge is 0.0683 e. The van der Waals surface area contributed by atoms with Gasteiger partial charge in [-0.05, 0) is 44.2 Å². The molecule has 1 atom stereocenters. The van der Waals surface area contributed by atoms with Crippen LogP contribution in [-0.2, 0) is 0 Å². The zero-order chi connectivity index (χ0) is 12.4. The molecule has 0 bridgehead atoms. The number of rotatable bonds is 3. The molecule has 1 N–H and O–H groups in total. The van der Waals surface area contributed by atoms with Gasteiger partial charge >= 0.3 is 0 Å². The zero-order valence-electron chi connectivity index (χ0n) is 10.3. The number of halogens is 1. The summed E-state index contributed by atoms with van der Waals surface area (Å²) in [5.74, 6) is 0. The first-order valence-corrected chi connectivity index (χ1v) is 6.81. The molecule has 2 aromatic rings. The van der Waals surface area contributed by atoms with Crippen LogP contribution >= 0.6 is 22.9 Å². The summed E-state index contributed by atoms with van der Waals surface area (Å²) >= 11 is 8.09. The average molecular weight is 266 g/mol. The predicted octanol–water partition coefficient (Wildman–Crippen LogP) is 4.33. The molecule has 1 aromatic heterocycles. The van der Waals surface area contributed by atoms with Gasteiger partial charge in [-0.1, -0.05) is 29.8 Å². The Bertz CT molecular complexity index is 499. The molecule has 0 radical (unpaired) electrons. The monoisotopic (exact) mass is 265 g/mol. The van der Waals surface area contributed by atoms with Crippen molar-refractivity contribution < 1.29 is 0 Å². The van der Waals surface area contributed by atoms with Crippen LogP contribution in [-0.4, -0.2) is 7.05 Å². The molecule has 1 heterocycles. The molecule has 1 unspecified atom stereocenters. The lowest BCUT2D eigenvalue weighted by Crippen LogP contribution is -2.16. The van der Waals surface area contributed by atoms with E-state index < -0.39 is 0 Å². The summed E-state index contributed by atoms with van der Waals surface area (Å²) in [6.45, 7) is 4.30. The number of thiophene rings is 1. The fraction of sp³-hybridized carbons (Fsp3) is 0.286. The van der Waals surface area contributed by atoms with Gasteiger partial charge in [0.25, 0.3) is 0 Å². The van der Waals surface area contributed by atoms with E-state index in [-0.39, 0.29) is 6.04 Å². The second kappa shape index (κ2) is 5.21. The first-order valence-electron chi connectivity index (χ1n) is 5.62. The molecule has 3 heteroatoms. The van der Waals surface area contributed by atoms with Crippen LogP contribution in [0, 0.1) is 13.8 Å². The van der Waals surface area contributed by atoms with Crippen molar-refractivity contribution in [2.45, 2.75) is 19.9 Å². The summed E-state index contributed by atoms with van der Waals surface area (Å²) < 4.78 is 0. The minimum absolute atomic E-state index is 0.182. The van der Waals surface area contributed by atoms with E-state index >= 15 is 0 Å². The number of benzene rings is 1. The molecule has 0 fully saturated rings. The SMILES string of the molecule is CNC(c1cc(C)c(C)s1)c1ccccc1Cl. The van der Waals surface area contributed by atoms with Crippen molar-refractivity contribution in [1.29, 1.82) is 0 Å². The Hall–Kier alpha value is -0.830. The van der Waals surface area contributed by atoms with E-state index in [2.05, 4.69) is 31.3 Å². The first-order chi connectivity index (χ1) is 8.13. The van der Waals surface area contributed by atoms with E-state index in [4.69, 9.17) is 11.6 Å². The first kappa shape index (κ1) is 12.6. The van der Waals surface area contributed by atoms with Gasteiger partial charge in [-0.2, -0.15) is 0 Å². The Morgan fingerprint density at radius 3 is 2.47 bits per heavy atom. The van der Waals surface area contributed by atoms with Crippen LogP contribution in [0.25, 0.3) is 0 Å². The van der Waals surface area contributed by atoms with Crippen LogP contribution in [0.4, 0.5) is 0 Å². The van der Waals surface area contributed by atoms with Gasteiger partial charge in [0.2, 0.25) is 0 Å². The van der Waals surface area contributed by atoms with E-state index in [0.717, 1.165) is 10.6 Å². The lowest BCUT2D eigenvalue weighted by Gasteiger charge is -2.16. The van der Waals surface area contributed by atoms with Crippen molar-refractivity contribution in [3.63, 3.8) is 0 Å². The van der Waals surface area contributed by atoms with Crippen LogP contribution in [0.2, 0.25) is 5.02 Å². The molecule has 0 aliphatic carbocycles. The molecule has 1 nitrogen and oxygen atoms in total. The number of hydrogen-bond acceptors (Lipinski definition) is 2. The van der Waals surface area contributed by atoms with E-state index in [0.29, 0.717) is 0 Å². The molecule has 0 spiro atoms. The van der Waals surface area contributed by atoms with Crippen molar-refractivity contribution in [1.82, 2.24) is 5.32 Å². The molecule has 0 saturated heterocycles. The van der Waals surface area contributed by atoms with Crippen molar-refractivity contribution >= 4 is 22.9 Å². The molecule has 0 amide bonds. The van der Waals surface area contributed by atoms with Crippen molar-refractivity contribution in [2.24, 2.45) is 0 Å². The lowest BCUT2D eigenvalue weighted by molar-refractivity contribution is 0.704. The van der Waals surface area contributed by atoms with Gasteiger partial charge in [0, 0.05) is 14.8 Å². The standard InChI is InChI=1S/C14H16ClNS/c1-9-8-13(17-10(9)2)14(16-3)11-6-4-5-7-12(11)15/h4-8,14,16H,1-3H3. The second-order valence-corrected chi connectivity index (χ2v) is 5.83. The Balaban J connectivity index is 2.44. The van der Waals surface area contributed by atoms with Gasteiger partial charge in [-0.3, -0.25) is 0 Å². The Morgan fingerprint density at radius 1 is 1.24 bits per heavy atom. The third-order valence-electron chi connectivity index (χ3n) is 2.97. The van der Waals surface area contributed by atoms with Crippen LogP contribution < -0.4 is 5.32 Å². The summed E-state index contributed by atoms with van der Waals surface area (Å²) in [7, 11) is 1.97. The molecule has 0 saturated carbocycles. The summed E-state index contributed by atoms with van der Waals surface area (Å²) in [5, 5.41) is 4.16. The minimum atomic E-state index is 0.182.